The molecule has 2 aliphatic rings. The fourth-order valence-corrected chi connectivity index (χ4v) is 4.08. The van der Waals surface area contributed by atoms with E-state index in [1.165, 1.54) is 95.5 Å². The third kappa shape index (κ3) is 7.18. The Bertz CT molecular complexity index is 455. The van der Waals surface area contributed by atoms with Crippen molar-refractivity contribution in [2.75, 3.05) is 0 Å². The van der Waals surface area contributed by atoms with Gasteiger partial charge < -0.3 is 5.53 Å². The first-order chi connectivity index (χ1) is 11.9. The average Bonchev–Trinajstić information content (AvgIpc) is 2.70. The Morgan fingerprint density at radius 1 is 0.708 bits per heavy atom. The number of rotatable bonds is 1. The molecule has 1 unspecified atom stereocenters. The van der Waals surface area contributed by atoms with E-state index in [4.69, 9.17) is 0 Å². The first-order valence-corrected chi connectivity index (χ1v) is 10.5. The highest BCUT2D eigenvalue weighted by Gasteiger charge is 2.24. The molecule has 0 amide bonds. The van der Waals surface area contributed by atoms with Gasteiger partial charge in [0.05, 0.1) is 5.92 Å². The molecule has 0 N–H and O–H groups in total. The molecule has 0 heterocycles. The van der Waals surface area contributed by atoms with Crippen LogP contribution in [-0.4, -0.2) is 10.5 Å². The molecule has 0 aromatic rings. The van der Waals surface area contributed by atoms with Gasteiger partial charge in [0.1, 0.15) is 0 Å². The molecule has 0 radical (unpaired) electrons. The summed E-state index contributed by atoms with van der Waals surface area (Å²) >= 11 is 0. The Kier molecular flexibility index (Phi) is 9.80. The molecule has 0 aliphatic heterocycles. The van der Waals surface area contributed by atoms with E-state index in [1.54, 1.807) is 0 Å². The minimum atomic E-state index is 0.244. The topological polar surface area (TPSA) is 36.4 Å². The predicted octanol–water partition coefficient (Wildman–Crippen LogP) is 7.02. The zero-order valence-electron chi connectivity index (χ0n) is 15.5. The zero-order valence-corrected chi connectivity index (χ0v) is 15.5. The van der Waals surface area contributed by atoms with Crippen LogP contribution in [0.25, 0.3) is 5.53 Å². The fourth-order valence-electron chi connectivity index (χ4n) is 4.08. The van der Waals surface area contributed by atoms with Gasteiger partial charge in [0.15, 0.2) is 0 Å². The number of allylic oxidation sites excluding steroid dienone is 4. The van der Waals surface area contributed by atoms with Gasteiger partial charge >= 0.3 is 0 Å². The maximum absolute atomic E-state index is 9.64. The zero-order chi connectivity index (χ0) is 16.9. The summed E-state index contributed by atoms with van der Waals surface area (Å²) in [6.07, 6.45) is 27.5. The van der Waals surface area contributed by atoms with Crippen molar-refractivity contribution in [3.05, 3.63) is 29.3 Å². The van der Waals surface area contributed by atoms with Gasteiger partial charge in [-0.3, -0.25) is 0 Å². The molecule has 0 aromatic carbocycles. The van der Waals surface area contributed by atoms with Crippen molar-refractivity contribution in [2.45, 2.75) is 103 Å². The van der Waals surface area contributed by atoms with Gasteiger partial charge in [0.2, 0.25) is 0 Å². The molecule has 2 aliphatic carbocycles. The molecule has 24 heavy (non-hydrogen) atoms. The van der Waals surface area contributed by atoms with E-state index in [0.29, 0.717) is 0 Å². The third-order valence-electron chi connectivity index (χ3n) is 5.60. The molecule has 134 valence electrons. The summed E-state index contributed by atoms with van der Waals surface area (Å²) in [6.45, 7) is 0. The van der Waals surface area contributed by atoms with E-state index in [9.17, 15) is 5.53 Å². The summed E-state index contributed by atoms with van der Waals surface area (Å²) in [4.78, 5) is 3.75. The molecule has 2 nitrogen and oxygen atoms in total. The second-order valence-electron chi connectivity index (χ2n) is 7.60. The highest BCUT2D eigenvalue weighted by molar-refractivity contribution is 5.86. The maximum Gasteiger partial charge on any atom is 0.279 e. The second-order valence-corrected chi connectivity index (χ2v) is 7.60. The lowest BCUT2D eigenvalue weighted by atomic mass is 9.86. The van der Waals surface area contributed by atoms with E-state index in [2.05, 4.69) is 23.0 Å². The van der Waals surface area contributed by atoms with E-state index in [0.717, 1.165) is 18.6 Å². The lowest BCUT2D eigenvalue weighted by Crippen LogP contribution is -2.17. The van der Waals surface area contributed by atoms with Crippen LogP contribution < -0.4 is 0 Å². The van der Waals surface area contributed by atoms with E-state index in [-0.39, 0.29) is 5.92 Å². The minimum absolute atomic E-state index is 0.244. The Hall–Kier alpha value is -1.14. The molecule has 0 spiro atoms. The van der Waals surface area contributed by atoms with Gasteiger partial charge in [-0.25, -0.2) is 0 Å². The maximum atomic E-state index is 9.64. The first kappa shape index (κ1) is 19.2. The van der Waals surface area contributed by atoms with Crippen LogP contribution in [0.2, 0.25) is 0 Å². The Labute approximate surface area is 149 Å². The van der Waals surface area contributed by atoms with Gasteiger partial charge in [0, 0.05) is 6.42 Å². The van der Waals surface area contributed by atoms with Gasteiger partial charge in [-0.1, -0.05) is 75.2 Å². The van der Waals surface area contributed by atoms with Crippen LogP contribution in [0.1, 0.15) is 103 Å². The van der Waals surface area contributed by atoms with Gasteiger partial charge in [-0.05, 0) is 44.9 Å². The van der Waals surface area contributed by atoms with Crippen LogP contribution in [0.4, 0.5) is 0 Å². The minimum Gasteiger partial charge on any atom is -0.362 e. The van der Waals surface area contributed by atoms with Crippen molar-refractivity contribution in [2.24, 2.45) is 5.92 Å². The van der Waals surface area contributed by atoms with Gasteiger partial charge in [0.25, 0.3) is 5.71 Å². The second kappa shape index (κ2) is 12.3. The van der Waals surface area contributed by atoms with Gasteiger partial charge in [-0.15, -0.1) is 0 Å². The first-order valence-electron chi connectivity index (χ1n) is 10.5. The van der Waals surface area contributed by atoms with Crippen LogP contribution >= 0.6 is 0 Å². The number of hydrogen-bond acceptors (Lipinski definition) is 0. The summed E-state index contributed by atoms with van der Waals surface area (Å²) in [6, 6.07) is 0. The highest BCUT2D eigenvalue weighted by atomic mass is 14.9. The lowest BCUT2D eigenvalue weighted by Gasteiger charge is -2.14. The predicted molar refractivity (Wildman–Crippen MR) is 103 cm³/mol. The Morgan fingerprint density at radius 2 is 1.29 bits per heavy atom. The molecule has 1 atom stereocenters. The molecule has 2 heteroatoms. The van der Waals surface area contributed by atoms with Crippen LogP contribution in [0, 0.1) is 5.92 Å². The van der Waals surface area contributed by atoms with Crippen LogP contribution in [0.3, 0.4) is 0 Å². The van der Waals surface area contributed by atoms with Gasteiger partial charge in [-0.2, -0.15) is 4.79 Å². The monoisotopic (exact) mass is 328 g/mol. The molecule has 0 bridgehead atoms. The fraction of sp³-hybridized carbons (Fsp3) is 0.773. The molecule has 0 fully saturated rings. The summed E-state index contributed by atoms with van der Waals surface area (Å²) in [7, 11) is 0. The largest absolute Gasteiger partial charge is 0.362 e. The third-order valence-corrected chi connectivity index (χ3v) is 5.60. The molecular weight excluding hydrogens is 292 g/mol. The van der Waals surface area contributed by atoms with Crippen molar-refractivity contribution < 1.29 is 4.79 Å². The van der Waals surface area contributed by atoms with Crippen molar-refractivity contribution in [1.82, 2.24) is 0 Å². The van der Waals surface area contributed by atoms with Crippen molar-refractivity contribution >= 4 is 5.71 Å². The van der Waals surface area contributed by atoms with E-state index < -0.39 is 0 Å². The molecular formula is C22H36N2. The molecule has 0 saturated carbocycles. The average molecular weight is 329 g/mol. The lowest BCUT2D eigenvalue weighted by molar-refractivity contribution is -0.0135. The van der Waals surface area contributed by atoms with Crippen LogP contribution in [0.15, 0.2) is 23.8 Å². The van der Waals surface area contributed by atoms with Crippen molar-refractivity contribution in [3.63, 3.8) is 0 Å². The van der Waals surface area contributed by atoms with Crippen LogP contribution in [-0.2, 0) is 0 Å². The SMILES string of the molecule is [N-]=[N+]=C1CCCCCCC/C=C\C1/C1=C/CCCCCCCCC1. The standard InChI is InChI=1S/C22H36N2/c23-24-22-19-15-11-7-3-6-10-14-18-21(22)20-16-12-8-4-1-2-5-9-13-17-20/h14,16,18,21H,1-13,15,17,19H2/b18-14-,20-16+. The van der Waals surface area contributed by atoms with E-state index >= 15 is 0 Å². The Morgan fingerprint density at radius 3 is 2.00 bits per heavy atom. The number of nitrogens with zero attached hydrogens (tertiary/aromatic N) is 2. The summed E-state index contributed by atoms with van der Waals surface area (Å²) < 4.78 is 0. The van der Waals surface area contributed by atoms with Crippen molar-refractivity contribution in [3.8, 4) is 0 Å². The van der Waals surface area contributed by atoms with Crippen LogP contribution in [0.5, 0.6) is 0 Å². The van der Waals surface area contributed by atoms with E-state index in [1.807, 2.05) is 0 Å². The van der Waals surface area contributed by atoms with Crippen molar-refractivity contribution in [1.29, 1.82) is 0 Å². The number of hydrogen-bond donors (Lipinski definition) is 0. The molecule has 2 rings (SSSR count). The highest BCUT2D eigenvalue weighted by Crippen LogP contribution is 2.26. The normalized spacial score (nSPS) is 29.2. The smallest absolute Gasteiger partial charge is 0.279 e. The summed E-state index contributed by atoms with van der Waals surface area (Å²) in [5, 5.41) is 0. The summed E-state index contributed by atoms with van der Waals surface area (Å²) in [5.74, 6) is 0.244. The Balaban J connectivity index is 2.14. The summed E-state index contributed by atoms with van der Waals surface area (Å²) in [5.41, 5.74) is 12.1. The molecule has 0 saturated heterocycles. The quantitative estimate of drug-likeness (QED) is 0.281. The molecule has 0 aromatic heterocycles.